The molecule has 0 heterocycles. The van der Waals surface area contributed by atoms with Gasteiger partial charge in [0.25, 0.3) is 0 Å². The molecule has 0 fully saturated rings. The van der Waals surface area contributed by atoms with Crippen LogP contribution in [0.15, 0.2) is 0 Å². The van der Waals surface area contributed by atoms with Gasteiger partial charge in [0.05, 0.1) is 5.75 Å². The van der Waals surface area contributed by atoms with Crippen molar-refractivity contribution in [2.24, 2.45) is 0 Å². The van der Waals surface area contributed by atoms with Gasteiger partial charge in [0.2, 0.25) is 10.0 Å². The van der Waals surface area contributed by atoms with Gasteiger partial charge in [-0.25, -0.2) is 8.42 Å². The minimum atomic E-state index is -3.13. The second-order valence-electron chi connectivity index (χ2n) is 3.19. The van der Waals surface area contributed by atoms with Crippen LogP contribution in [0, 0.1) is 0 Å². The quantitative estimate of drug-likeness (QED) is 0.599. The van der Waals surface area contributed by atoms with Crippen LogP contribution in [-0.2, 0) is 10.0 Å². The van der Waals surface area contributed by atoms with Gasteiger partial charge >= 0.3 is 0 Å². The first-order valence-electron chi connectivity index (χ1n) is 4.42. The largest absolute Gasteiger partial charge is 0.228 e. The van der Waals surface area contributed by atoms with Crippen LogP contribution in [0.25, 0.3) is 0 Å². The molecule has 0 aliphatic rings. The van der Waals surface area contributed by atoms with Gasteiger partial charge in [-0.1, -0.05) is 19.8 Å². The van der Waals surface area contributed by atoms with Crippen molar-refractivity contribution >= 4 is 10.0 Å². The normalized spacial score (nSPS) is 12.3. The first-order valence-corrected chi connectivity index (χ1v) is 6.03. The van der Waals surface area contributed by atoms with Crippen molar-refractivity contribution in [3.63, 3.8) is 0 Å². The third kappa shape index (κ3) is 6.61. The van der Waals surface area contributed by atoms with Gasteiger partial charge < -0.3 is 0 Å². The third-order valence-electron chi connectivity index (χ3n) is 1.38. The molecule has 0 aliphatic heterocycles. The first kappa shape index (κ1) is 11.9. The van der Waals surface area contributed by atoms with Crippen molar-refractivity contribution in [1.82, 2.24) is 4.72 Å². The topological polar surface area (TPSA) is 48.2 Å². The molecular formula is C8H18NO2S. The van der Waals surface area contributed by atoms with Crippen molar-refractivity contribution in [3.05, 3.63) is 0 Å². The molecule has 73 valence electrons. The van der Waals surface area contributed by atoms with Crippen LogP contribution < -0.4 is 4.72 Å². The first-order chi connectivity index (χ1) is 5.48. The highest BCUT2D eigenvalue weighted by Crippen LogP contribution is 1.99. The standard InChI is InChI=1S/C8H18NO2S/c1-4-5-6-7-12(10,11)9-8(2)3/h8H,4-7H2,1-3H3. The van der Waals surface area contributed by atoms with Crippen molar-refractivity contribution < 1.29 is 8.42 Å². The highest BCUT2D eigenvalue weighted by atomic mass is 32.2. The second-order valence-corrected chi connectivity index (χ2v) is 4.98. The molecule has 0 spiro atoms. The van der Waals surface area contributed by atoms with Gasteiger partial charge in [0.1, 0.15) is 0 Å². The molecule has 0 aliphatic carbocycles. The lowest BCUT2D eigenvalue weighted by Crippen LogP contribution is -2.25. The molecule has 0 amide bonds. The Kier molecular flexibility index (Phi) is 5.50. The van der Waals surface area contributed by atoms with Crippen molar-refractivity contribution in [2.75, 3.05) is 5.75 Å². The summed E-state index contributed by atoms with van der Waals surface area (Å²) in [5.41, 5.74) is 0. The van der Waals surface area contributed by atoms with Gasteiger partial charge in [-0.2, -0.15) is 0 Å². The maximum atomic E-state index is 11.1. The third-order valence-corrected chi connectivity index (χ3v) is 2.92. The Morgan fingerprint density at radius 1 is 1.25 bits per heavy atom. The highest BCUT2D eigenvalue weighted by Gasteiger charge is 2.12. The zero-order valence-electron chi connectivity index (χ0n) is 8.08. The van der Waals surface area contributed by atoms with E-state index in [1.54, 1.807) is 13.8 Å². The van der Waals surface area contributed by atoms with E-state index in [0.717, 1.165) is 19.3 Å². The van der Waals surface area contributed by atoms with E-state index in [1.807, 2.05) is 6.92 Å². The van der Waals surface area contributed by atoms with E-state index in [2.05, 4.69) is 4.72 Å². The number of rotatable bonds is 6. The van der Waals surface area contributed by atoms with E-state index in [0.29, 0.717) is 0 Å². The predicted octanol–water partition coefficient (Wildman–Crippen LogP) is 1.52. The van der Waals surface area contributed by atoms with Crippen LogP contribution in [0.4, 0.5) is 0 Å². The summed E-state index contributed by atoms with van der Waals surface area (Å²) < 4.78 is 26.0. The van der Waals surface area contributed by atoms with Gasteiger partial charge in [-0.3, -0.25) is 0 Å². The molecular weight excluding hydrogens is 174 g/mol. The molecule has 0 N–H and O–H groups in total. The Labute approximate surface area is 75.6 Å². The minimum Gasteiger partial charge on any atom is -0.211 e. The van der Waals surface area contributed by atoms with Crippen LogP contribution in [0.1, 0.15) is 40.0 Å². The fraction of sp³-hybridized carbons (Fsp3) is 1.00. The summed E-state index contributed by atoms with van der Waals surface area (Å²) in [5, 5.41) is 0. The average Bonchev–Trinajstić information content (AvgIpc) is 1.84. The lowest BCUT2D eigenvalue weighted by atomic mass is 10.3. The minimum absolute atomic E-state index is 0.114. The summed E-state index contributed by atoms with van der Waals surface area (Å²) in [6.07, 6.45) is 2.74. The zero-order chi connectivity index (χ0) is 9.61. The van der Waals surface area contributed by atoms with Crippen LogP contribution >= 0.6 is 0 Å². The molecule has 0 bridgehead atoms. The number of unbranched alkanes of at least 4 members (excludes halogenated alkanes) is 2. The lowest BCUT2D eigenvalue weighted by molar-refractivity contribution is 0.562. The molecule has 0 unspecified atom stereocenters. The number of hydrogen-bond donors (Lipinski definition) is 0. The lowest BCUT2D eigenvalue weighted by Gasteiger charge is -2.05. The van der Waals surface area contributed by atoms with Crippen LogP contribution in [0.5, 0.6) is 0 Å². The Morgan fingerprint density at radius 2 is 1.83 bits per heavy atom. The van der Waals surface area contributed by atoms with E-state index < -0.39 is 10.0 Å². The molecule has 0 aromatic rings. The Balaban J connectivity index is 3.73. The SMILES string of the molecule is CCCCCS(=O)(=O)[N]C(C)C. The summed E-state index contributed by atoms with van der Waals surface area (Å²) in [7, 11) is -3.13. The zero-order valence-corrected chi connectivity index (χ0v) is 8.89. The van der Waals surface area contributed by atoms with E-state index in [1.165, 1.54) is 0 Å². The van der Waals surface area contributed by atoms with E-state index in [4.69, 9.17) is 0 Å². The van der Waals surface area contributed by atoms with Crippen LogP contribution in [0.3, 0.4) is 0 Å². The fourth-order valence-electron chi connectivity index (χ4n) is 0.908. The maximum Gasteiger partial charge on any atom is 0.228 e. The summed E-state index contributed by atoms with van der Waals surface area (Å²) in [6, 6.07) is -0.114. The maximum absolute atomic E-state index is 11.1. The fourth-order valence-corrected chi connectivity index (χ4v) is 2.23. The van der Waals surface area contributed by atoms with Crippen molar-refractivity contribution in [3.8, 4) is 0 Å². The molecule has 3 nitrogen and oxygen atoms in total. The molecule has 0 rings (SSSR count). The van der Waals surface area contributed by atoms with Gasteiger partial charge in [0.15, 0.2) is 0 Å². The summed E-state index contributed by atoms with van der Waals surface area (Å²) in [6.45, 7) is 5.60. The smallest absolute Gasteiger partial charge is 0.211 e. The molecule has 0 saturated carbocycles. The van der Waals surface area contributed by atoms with E-state index in [-0.39, 0.29) is 11.8 Å². The molecule has 1 radical (unpaired) electrons. The summed E-state index contributed by atoms with van der Waals surface area (Å²) in [4.78, 5) is 0. The molecule has 0 aromatic carbocycles. The highest BCUT2D eigenvalue weighted by molar-refractivity contribution is 7.89. The average molecular weight is 192 g/mol. The Bertz CT molecular complexity index is 197. The molecule has 0 saturated heterocycles. The predicted molar refractivity (Wildman–Crippen MR) is 50.6 cm³/mol. The molecule has 4 heteroatoms. The summed E-state index contributed by atoms with van der Waals surface area (Å²) in [5.74, 6) is 0.207. The molecule has 0 atom stereocenters. The van der Waals surface area contributed by atoms with Crippen LogP contribution in [-0.4, -0.2) is 20.2 Å². The van der Waals surface area contributed by atoms with Gasteiger partial charge in [0, 0.05) is 6.04 Å². The van der Waals surface area contributed by atoms with Crippen LogP contribution in [0.2, 0.25) is 0 Å². The van der Waals surface area contributed by atoms with Crippen molar-refractivity contribution in [2.45, 2.75) is 46.1 Å². The van der Waals surface area contributed by atoms with E-state index >= 15 is 0 Å². The van der Waals surface area contributed by atoms with Crippen molar-refractivity contribution in [1.29, 1.82) is 0 Å². The molecule has 0 aromatic heterocycles. The molecule has 12 heavy (non-hydrogen) atoms. The van der Waals surface area contributed by atoms with E-state index in [9.17, 15) is 8.42 Å². The van der Waals surface area contributed by atoms with Gasteiger partial charge in [-0.15, -0.1) is 4.72 Å². The second kappa shape index (κ2) is 5.54. The number of hydrogen-bond acceptors (Lipinski definition) is 2. The number of sulfonamides is 1. The Hall–Kier alpha value is -0.0900. The Morgan fingerprint density at radius 3 is 2.25 bits per heavy atom. The monoisotopic (exact) mass is 192 g/mol. The van der Waals surface area contributed by atoms with Gasteiger partial charge in [-0.05, 0) is 20.3 Å². The summed E-state index contributed by atoms with van der Waals surface area (Å²) >= 11 is 0. The number of nitrogens with zero attached hydrogens (tertiary/aromatic N) is 1.